The molecular formula is C13H16N2O3S2. The highest BCUT2D eigenvalue weighted by atomic mass is 32.2. The van der Waals surface area contributed by atoms with Crippen LogP contribution in [-0.4, -0.2) is 22.1 Å². The van der Waals surface area contributed by atoms with E-state index in [-0.39, 0.29) is 4.90 Å². The summed E-state index contributed by atoms with van der Waals surface area (Å²) < 4.78 is 31.9. The number of nitrogens with two attached hydrogens (primary N) is 1. The van der Waals surface area contributed by atoms with Crippen molar-refractivity contribution >= 4 is 27.0 Å². The highest BCUT2D eigenvalue weighted by Gasteiger charge is 2.15. The third kappa shape index (κ3) is 3.50. The molecule has 0 spiro atoms. The number of ether oxygens (including phenoxy) is 1. The highest BCUT2D eigenvalue weighted by molar-refractivity contribution is 7.89. The van der Waals surface area contributed by atoms with E-state index in [1.165, 1.54) is 25.3 Å². The lowest BCUT2D eigenvalue weighted by Crippen LogP contribution is -2.26. The molecule has 0 bridgehead atoms. The third-order valence-corrected chi connectivity index (χ3v) is 4.99. The van der Waals surface area contributed by atoms with Crippen LogP contribution in [0.3, 0.4) is 0 Å². The summed E-state index contributed by atoms with van der Waals surface area (Å²) in [6.07, 6.45) is 0.662. The predicted molar refractivity (Wildman–Crippen MR) is 80.6 cm³/mol. The molecule has 2 rings (SSSR count). The Hall–Kier alpha value is -1.57. The number of methoxy groups -OCH3 is 1. The number of hydrogen-bond acceptors (Lipinski definition) is 5. The maximum absolute atomic E-state index is 12.1. The molecule has 0 atom stereocenters. The minimum Gasteiger partial charge on any atom is -0.495 e. The molecule has 0 amide bonds. The molecule has 0 saturated heterocycles. The van der Waals surface area contributed by atoms with Gasteiger partial charge >= 0.3 is 0 Å². The SMILES string of the molecule is COc1cc(S(=O)(=O)NCCc2ccsc2)ccc1N. The average Bonchev–Trinajstić information content (AvgIpc) is 2.92. The molecular weight excluding hydrogens is 296 g/mol. The van der Waals surface area contributed by atoms with E-state index in [0.717, 1.165) is 5.56 Å². The van der Waals surface area contributed by atoms with Crippen molar-refractivity contribution in [1.29, 1.82) is 0 Å². The second-order valence-corrected chi connectivity index (χ2v) is 6.73. The van der Waals surface area contributed by atoms with E-state index in [0.29, 0.717) is 24.4 Å². The molecule has 0 aliphatic heterocycles. The van der Waals surface area contributed by atoms with Gasteiger partial charge in [0.2, 0.25) is 10.0 Å². The van der Waals surface area contributed by atoms with Crippen molar-refractivity contribution in [2.45, 2.75) is 11.3 Å². The van der Waals surface area contributed by atoms with E-state index in [2.05, 4.69) is 4.72 Å². The summed E-state index contributed by atoms with van der Waals surface area (Å²) in [5.74, 6) is 0.353. The van der Waals surface area contributed by atoms with Crippen LogP contribution in [0, 0.1) is 0 Å². The number of rotatable bonds is 6. The fourth-order valence-electron chi connectivity index (χ4n) is 1.71. The molecule has 3 N–H and O–H groups in total. The van der Waals surface area contributed by atoms with Crippen LogP contribution in [-0.2, 0) is 16.4 Å². The minimum absolute atomic E-state index is 0.147. The van der Waals surface area contributed by atoms with Crippen molar-refractivity contribution in [2.75, 3.05) is 19.4 Å². The Bertz CT molecular complexity index is 667. The van der Waals surface area contributed by atoms with E-state index in [4.69, 9.17) is 10.5 Å². The maximum Gasteiger partial charge on any atom is 0.240 e. The lowest BCUT2D eigenvalue weighted by Gasteiger charge is -2.09. The zero-order valence-corrected chi connectivity index (χ0v) is 12.6. The summed E-state index contributed by atoms with van der Waals surface area (Å²) in [5.41, 5.74) is 7.19. The van der Waals surface area contributed by atoms with E-state index >= 15 is 0 Å². The fraction of sp³-hybridized carbons (Fsp3) is 0.231. The molecule has 0 fully saturated rings. The van der Waals surface area contributed by atoms with Gasteiger partial charge in [0.15, 0.2) is 0 Å². The second-order valence-electron chi connectivity index (χ2n) is 4.18. The normalized spacial score (nSPS) is 11.4. The Morgan fingerprint density at radius 1 is 1.35 bits per heavy atom. The van der Waals surface area contributed by atoms with Gasteiger partial charge in [-0.05, 0) is 40.9 Å². The van der Waals surface area contributed by atoms with Crippen LogP contribution in [0.4, 0.5) is 5.69 Å². The van der Waals surface area contributed by atoms with Gasteiger partial charge in [0, 0.05) is 12.6 Å². The number of benzene rings is 1. The summed E-state index contributed by atoms with van der Waals surface area (Å²) in [5, 5.41) is 3.97. The van der Waals surface area contributed by atoms with Crippen LogP contribution >= 0.6 is 11.3 Å². The summed E-state index contributed by atoms with van der Waals surface area (Å²) in [7, 11) is -2.09. The third-order valence-electron chi connectivity index (χ3n) is 2.80. The zero-order valence-electron chi connectivity index (χ0n) is 11.0. The van der Waals surface area contributed by atoms with Crippen molar-refractivity contribution in [3.05, 3.63) is 40.6 Å². The Morgan fingerprint density at radius 3 is 2.80 bits per heavy atom. The molecule has 108 valence electrons. The zero-order chi connectivity index (χ0) is 14.6. The number of anilines is 1. The fourth-order valence-corrected chi connectivity index (χ4v) is 3.46. The minimum atomic E-state index is -3.55. The standard InChI is InChI=1S/C13H16N2O3S2/c1-18-13-8-11(2-3-12(13)14)20(16,17)15-6-4-10-5-7-19-9-10/h2-3,5,7-9,15H,4,6,14H2,1H3. The van der Waals surface area contributed by atoms with Crippen molar-refractivity contribution in [3.8, 4) is 5.75 Å². The lowest BCUT2D eigenvalue weighted by molar-refractivity contribution is 0.415. The van der Waals surface area contributed by atoms with E-state index < -0.39 is 10.0 Å². The van der Waals surface area contributed by atoms with Crippen LogP contribution in [0.2, 0.25) is 0 Å². The van der Waals surface area contributed by atoms with Crippen LogP contribution in [0.5, 0.6) is 5.75 Å². The predicted octanol–water partition coefficient (Wildman–Crippen LogP) is 1.86. The van der Waals surface area contributed by atoms with Crippen LogP contribution in [0.1, 0.15) is 5.56 Å². The van der Waals surface area contributed by atoms with Crippen LogP contribution in [0.25, 0.3) is 0 Å². The molecule has 7 heteroatoms. The molecule has 2 aromatic rings. The maximum atomic E-state index is 12.1. The summed E-state index contributed by atoms with van der Waals surface area (Å²) in [4.78, 5) is 0.147. The Kier molecular flexibility index (Phi) is 4.64. The van der Waals surface area contributed by atoms with Gasteiger partial charge in [-0.15, -0.1) is 0 Å². The molecule has 5 nitrogen and oxygen atoms in total. The van der Waals surface area contributed by atoms with Gasteiger partial charge in [0.05, 0.1) is 17.7 Å². The van der Waals surface area contributed by atoms with Gasteiger partial charge in [-0.3, -0.25) is 0 Å². The second kappa shape index (κ2) is 6.25. The first-order valence-electron chi connectivity index (χ1n) is 5.97. The summed E-state index contributed by atoms with van der Waals surface area (Å²) in [6, 6.07) is 6.38. The summed E-state index contributed by atoms with van der Waals surface area (Å²) >= 11 is 1.59. The van der Waals surface area contributed by atoms with Crippen molar-refractivity contribution in [3.63, 3.8) is 0 Å². The first-order valence-corrected chi connectivity index (χ1v) is 8.40. The van der Waals surface area contributed by atoms with E-state index in [1.54, 1.807) is 11.3 Å². The van der Waals surface area contributed by atoms with Gasteiger partial charge in [0.25, 0.3) is 0 Å². The molecule has 1 aromatic carbocycles. The van der Waals surface area contributed by atoms with Crippen LogP contribution in [0.15, 0.2) is 39.9 Å². The number of hydrogen-bond donors (Lipinski definition) is 2. The van der Waals surface area contributed by atoms with Gasteiger partial charge in [-0.2, -0.15) is 11.3 Å². The first-order chi connectivity index (χ1) is 9.53. The van der Waals surface area contributed by atoms with E-state index in [1.807, 2.05) is 16.8 Å². The summed E-state index contributed by atoms with van der Waals surface area (Å²) in [6.45, 7) is 0.353. The van der Waals surface area contributed by atoms with Gasteiger partial charge < -0.3 is 10.5 Å². The number of sulfonamides is 1. The quantitative estimate of drug-likeness (QED) is 0.798. The topological polar surface area (TPSA) is 81.4 Å². The Morgan fingerprint density at radius 2 is 2.15 bits per heavy atom. The highest BCUT2D eigenvalue weighted by Crippen LogP contribution is 2.24. The van der Waals surface area contributed by atoms with E-state index in [9.17, 15) is 8.42 Å². The lowest BCUT2D eigenvalue weighted by atomic mass is 10.2. The molecule has 0 radical (unpaired) electrons. The smallest absolute Gasteiger partial charge is 0.240 e. The molecule has 0 unspecified atom stereocenters. The molecule has 0 aliphatic carbocycles. The first kappa shape index (κ1) is 14.8. The van der Waals surface area contributed by atoms with Gasteiger partial charge in [-0.25, -0.2) is 13.1 Å². The molecule has 20 heavy (non-hydrogen) atoms. The molecule has 1 heterocycles. The van der Waals surface area contributed by atoms with Gasteiger partial charge in [0.1, 0.15) is 5.75 Å². The largest absolute Gasteiger partial charge is 0.495 e. The van der Waals surface area contributed by atoms with Gasteiger partial charge in [-0.1, -0.05) is 0 Å². The number of thiophene rings is 1. The van der Waals surface area contributed by atoms with Crippen molar-refractivity contribution < 1.29 is 13.2 Å². The van der Waals surface area contributed by atoms with Crippen LogP contribution < -0.4 is 15.2 Å². The molecule has 0 aliphatic rings. The number of nitrogens with one attached hydrogen (secondary N) is 1. The molecule has 0 saturated carbocycles. The Balaban J connectivity index is 2.06. The monoisotopic (exact) mass is 312 g/mol. The average molecular weight is 312 g/mol. The van der Waals surface area contributed by atoms with Crippen molar-refractivity contribution in [1.82, 2.24) is 4.72 Å². The Labute approximate surface area is 122 Å². The van der Waals surface area contributed by atoms with Crippen molar-refractivity contribution in [2.24, 2.45) is 0 Å². The molecule has 1 aromatic heterocycles. The number of nitrogen functional groups attached to an aromatic ring is 1.